The lowest BCUT2D eigenvalue weighted by atomic mass is 9.74. The van der Waals surface area contributed by atoms with Gasteiger partial charge in [0.25, 0.3) is 0 Å². The molecule has 0 amide bonds. The molecule has 0 spiro atoms. The van der Waals surface area contributed by atoms with Crippen molar-refractivity contribution in [1.29, 1.82) is 0 Å². The molecule has 3 rings (SSSR count). The lowest BCUT2D eigenvalue weighted by Crippen LogP contribution is -2.48. The summed E-state index contributed by atoms with van der Waals surface area (Å²) in [7, 11) is 1.80. The molecule has 2 N–H and O–H groups in total. The Hall–Kier alpha value is -1.38. The number of pyridine rings is 1. The number of hydrogen-bond acceptors (Lipinski definition) is 3. The monoisotopic (exact) mass is 514 g/mol. The van der Waals surface area contributed by atoms with Crippen LogP contribution in [-0.2, 0) is 16.6 Å². The Labute approximate surface area is 189 Å². The topological polar surface area (TPSA) is 58.5 Å². The van der Waals surface area contributed by atoms with Gasteiger partial charge in [-0.05, 0) is 36.5 Å². The number of hydrogen-bond donors (Lipinski definition) is 2. The van der Waals surface area contributed by atoms with E-state index in [9.17, 15) is 0 Å². The Morgan fingerprint density at radius 1 is 1.14 bits per heavy atom. The van der Waals surface area contributed by atoms with E-state index in [1.165, 1.54) is 5.56 Å². The van der Waals surface area contributed by atoms with Crippen LogP contribution in [0.2, 0.25) is 5.15 Å². The molecular formula is C21H28ClIN4O. The highest BCUT2D eigenvalue weighted by atomic mass is 127. The van der Waals surface area contributed by atoms with Crippen molar-refractivity contribution in [2.75, 3.05) is 33.4 Å². The van der Waals surface area contributed by atoms with Gasteiger partial charge in [0.05, 0.1) is 0 Å². The quantitative estimate of drug-likeness (QED) is 0.266. The van der Waals surface area contributed by atoms with Crippen LogP contribution in [0, 0.1) is 0 Å². The van der Waals surface area contributed by atoms with Crippen molar-refractivity contribution in [3.8, 4) is 0 Å². The molecule has 0 aliphatic carbocycles. The number of ether oxygens (including phenoxy) is 1. The molecule has 1 aliphatic heterocycles. The van der Waals surface area contributed by atoms with Gasteiger partial charge in [-0.3, -0.25) is 4.99 Å². The molecule has 1 aromatic carbocycles. The summed E-state index contributed by atoms with van der Waals surface area (Å²) in [6.07, 6.45) is 4.70. The molecule has 1 fully saturated rings. The number of halogens is 2. The molecule has 0 bridgehead atoms. The Kier molecular flexibility index (Phi) is 9.47. The maximum absolute atomic E-state index is 5.83. The number of aliphatic imine (C=N–C) groups is 1. The summed E-state index contributed by atoms with van der Waals surface area (Å²) in [6.45, 7) is 3.21. The van der Waals surface area contributed by atoms with E-state index in [4.69, 9.17) is 16.3 Å². The predicted molar refractivity (Wildman–Crippen MR) is 126 cm³/mol. The normalized spacial score (nSPS) is 16.1. The minimum atomic E-state index is 0. The maximum atomic E-state index is 5.83. The SMILES string of the molecule is CN=C(NCCc1ccc(Cl)nc1)NCC1(c2ccccc2)CCOCC1.I. The van der Waals surface area contributed by atoms with Crippen LogP contribution in [-0.4, -0.2) is 44.3 Å². The van der Waals surface area contributed by atoms with Gasteiger partial charge < -0.3 is 15.4 Å². The average molecular weight is 515 g/mol. The first-order valence-corrected chi connectivity index (χ1v) is 9.78. The van der Waals surface area contributed by atoms with E-state index in [1.54, 1.807) is 7.05 Å². The fraction of sp³-hybridized carbons (Fsp3) is 0.429. The van der Waals surface area contributed by atoms with Crippen molar-refractivity contribution in [1.82, 2.24) is 15.6 Å². The van der Waals surface area contributed by atoms with Crippen molar-refractivity contribution in [2.24, 2.45) is 4.99 Å². The number of guanidine groups is 1. The third-order valence-corrected chi connectivity index (χ3v) is 5.37. The molecule has 0 unspecified atom stereocenters. The van der Waals surface area contributed by atoms with Crippen molar-refractivity contribution in [3.05, 3.63) is 64.9 Å². The number of benzene rings is 1. The summed E-state index contributed by atoms with van der Waals surface area (Å²) in [6, 6.07) is 14.5. The van der Waals surface area contributed by atoms with Gasteiger partial charge in [0, 0.05) is 45.0 Å². The van der Waals surface area contributed by atoms with Gasteiger partial charge in [-0.15, -0.1) is 24.0 Å². The van der Waals surface area contributed by atoms with Crippen molar-refractivity contribution in [2.45, 2.75) is 24.7 Å². The zero-order valence-electron chi connectivity index (χ0n) is 16.2. The first-order chi connectivity index (χ1) is 13.2. The van der Waals surface area contributed by atoms with Crippen LogP contribution in [0.3, 0.4) is 0 Å². The second-order valence-electron chi connectivity index (χ2n) is 6.85. The molecule has 28 heavy (non-hydrogen) atoms. The largest absolute Gasteiger partial charge is 0.381 e. The molecule has 5 nitrogen and oxygen atoms in total. The van der Waals surface area contributed by atoms with Gasteiger partial charge in [-0.25, -0.2) is 4.98 Å². The van der Waals surface area contributed by atoms with Gasteiger partial charge in [0.2, 0.25) is 0 Å². The number of nitrogens with zero attached hydrogens (tertiary/aromatic N) is 2. The summed E-state index contributed by atoms with van der Waals surface area (Å²) >= 11 is 5.83. The highest BCUT2D eigenvalue weighted by Gasteiger charge is 2.34. The molecular weight excluding hydrogens is 487 g/mol. The van der Waals surface area contributed by atoms with Gasteiger partial charge in [-0.2, -0.15) is 0 Å². The van der Waals surface area contributed by atoms with Crippen LogP contribution in [0.1, 0.15) is 24.0 Å². The van der Waals surface area contributed by atoms with Crippen LogP contribution >= 0.6 is 35.6 Å². The fourth-order valence-electron chi connectivity index (χ4n) is 3.47. The average Bonchev–Trinajstić information content (AvgIpc) is 2.73. The standard InChI is InChI=1S/C21H27ClN4O.HI/c1-23-20(24-12-9-17-7-8-19(22)25-15-17)26-16-21(10-13-27-14-11-21)18-5-3-2-4-6-18;/h2-8,15H,9-14,16H2,1H3,(H2,23,24,26);1H. The fourth-order valence-corrected chi connectivity index (χ4v) is 3.59. The second-order valence-corrected chi connectivity index (χ2v) is 7.24. The third kappa shape index (κ3) is 6.32. The summed E-state index contributed by atoms with van der Waals surface area (Å²) in [5.74, 6) is 0.818. The molecule has 0 saturated carbocycles. The van der Waals surface area contributed by atoms with Gasteiger partial charge in [0.1, 0.15) is 5.15 Å². The molecule has 0 atom stereocenters. The van der Waals surface area contributed by atoms with Gasteiger partial charge >= 0.3 is 0 Å². The minimum Gasteiger partial charge on any atom is -0.381 e. The summed E-state index contributed by atoms with van der Waals surface area (Å²) in [5.41, 5.74) is 2.59. The number of aromatic nitrogens is 1. The molecule has 2 heterocycles. The Bertz CT molecular complexity index is 734. The molecule has 1 aromatic heterocycles. The Morgan fingerprint density at radius 2 is 1.89 bits per heavy atom. The number of rotatable bonds is 6. The van der Waals surface area contributed by atoms with E-state index in [0.29, 0.717) is 5.15 Å². The smallest absolute Gasteiger partial charge is 0.191 e. The maximum Gasteiger partial charge on any atom is 0.191 e. The van der Waals surface area contributed by atoms with E-state index in [0.717, 1.165) is 57.1 Å². The van der Waals surface area contributed by atoms with Gasteiger partial charge in [-0.1, -0.05) is 48.0 Å². The first kappa shape index (κ1) is 22.9. The van der Waals surface area contributed by atoms with Crippen LogP contribution in [0.4, 0.5) is 0 Å². The van der Waals surface area contributed by atoms with E-state index >= 15 is 0 Å². The van der Waals surface area contributed by atoms with Crippen LogP contribution in [0.25, 0.3) is 0 Å². The Balaban J connectivity index is 0.00000280. The van der Waals surface area contributed by atoms with E-state index in [1.807, 2.05) is 18.3 Å². The summed E-state index contributed by atoms with van der Waals surface area (Å²) in [5, 5.41) is 7.43. The highest BCUT2D eigenvalue weighted by molar-refractivity contribution is 14.0. The Morgan fingerprint density at radius 3 is 2.54 bits per heavy atom. The minimum absolute atomic E-state index is 0. The van der Waals surface area contributed by atoms with Crippen LogP contribution < -0.4 is 10.6 Å². The molecule has 1 aliphatic rings. The zero-order valence-corrected chi connectivity index (χ0v) is 19.2. The first-order valence-electron chi connectivity index (χ1n) is 9.40. The van der Waals surface area contributed by atoms with E-state index in [-0.39, 0.29) is 29.4 Å². The molecule has 2 aromatic rings. The molecule has 1 saturated heterocycles. The number of nitrogens with one attached hydrogen (secondary N) is 2. The lowest BCUT2D eigenvalue weighted by Gasteiger charge is -2.38. The molecule has 7 heteroatoms. The van der Waals surface area contributed by atoms with E-state index < -0.39 is 0 Å². The van der Waals surface area contributed by atoms with Crippen molar-refractivity contribution in [3.63, 3.8) is 0 Å². The van der Waals surface area contributed by atoms with Crippen molar-refractivity contribution < 1.29 is 4.74 Å². The third-order valence-electron chi connectivity index (χ3n) is 5.15. The lowest BCUT2D eigenvalue weighted by molar-refractivity contribution is 0.0514. The zero-order chi connectivity index (χ0) is 19.0. The second kappa shape index (κ2) is 11.6. The summed E-state index contributed by atoms with van der Waals surface area (Å²) < 4.78 is 5.61. The van der Waals surface area contributed by atoms with Crippen LogP contribution in [0.5, 0.6) is 0 Å². The highest BCUT2D eigenvalue weighted by Crippen LogP contribution is 2.34. The summed E-state index contributed by atoms with van der Waals surface area (Å²) in [4.78, 5) is 8.49. The van der Waals surface area contributed by atoms with E-state index in [2.05, 4.69) is 50.9 Å². The molecule has 0 radical (unpaired) electrons. The molecule has 152 valence electrons. The predicted octanol–water partition coefficient (Wildman–Crippen LogP) is 3.81. The van der Waals surface area contributed by atoms with Crippen molar-refractivity contribution >= 4 is 41.5 Å². The van der Waals surface area contributed by atoms with Crippen LogP contribution in [0.15, 0.2) is 53.7 Å². The van der Waals surface area contributed by atoms with Gasteiger partial charge in [0.15, 0.2) is 5.96 Å².